The molecule has 0 aliphatic rings. The summed E-state index contributed by atoms with van der Waals surface area (Å²) in [5.41, 5.74) is 8.21. The highest BCUT2D eigenvalue weighted by Crippen LogP contribution is 2.46. The Bertz CT molecular complexity index is 2090. The van der Waals surface area contributed by atoms with Crippen molar-refractivity contribution in [1.82, 2.24) is 0 Å². The van der Waals surface area contributed by atoms with Crippen molar-refractivity contribution in [2.45, 2.75) is 0 Å². The van der Waals surface area contributed by atoms with Crippen LogP contribution in [-0.4, -0.2) is 0 Å². The fourth-order valence-electron chi connectivity index (χ4n) is 6.18. The molecule has 0 aliphatic heterocycles. The Morgan fingerprint density at radius 1 is 0.359 bits per heavy atom. The molecule has 0 N–H and O–H groups in total. The summed E-state index contributed by atoms with van der Waals surface area (Å²) in [5.74, 6) is 0. The van der Waals surface area contributed by atoms with Gasteiger partial charge in [0.05, 0.1) is 6.26 Å². The number of rotatable bonds is 3. The van der Waals surface area contributed by atoms with E-state index in [4.69, 9.17) is 4.42 Å². The molecule has 1 heterocycles. The van der Waals surface area contributed by atoms with Gasteiger partial charge in [-0.05, 0) is 60.6 Å². The standard InChI is InChI=1S/C38H24O/c1-2-10-25(11-3-1)26-18-20-28(21-19-26)36-30-14-6-8-16-32(30)37(33-17-9-7-15-31(33)36)34-24-39-35-23-22-27-12-4-5-13-29(27)38(34)35/h1-24H. The maximum atomic E-state index is 6.18. The minimum absolute atomic E-state index is 0.914. The Morgan fingerprint density at radius 2 is 0.872 bits per heavy atom. The van der Waals surface area contributed by atoms with Crippen molar-refractivity contribution >= 4 is 43.3 Å². The topological polar surface area (TPSA) is 13.1 Å². The van der Waals surface area contributed by atoms with Crippen LogP contribution in [0.25, 0.3) is 76.7 Å². The summed E-state index contributed by atoms with van der Waals surface area (Å²) in [4.78, 5) is 0. The second kappa shape index (κ2) is 8.72. The molecule has 0 atom stereocenters. The largest absolute Gasteiger partial charge is 0.464 e. The van der Waals surface area contributed by atoms with Gasteiger partial charge in [0.15, 0.2) is 0 Å². The van der Waals surface area contributed by atoms with E-state index in [2.05, 4.69) is 140 Å². The molecule has 0 saturated carbocycles. The van der Waals surface area contributed by atoms with Crippen LogP contribution in [-0.2, 0) is 0 Å². The van der Waals surface area contributed by atoms with E-state index in [9.17, 15) is 0 Å². The predicted molar refractivity (Wildman–Crippen MR) is 165 cm³/mol. The summed E-state index contributed by atoms with van der Waals surface area (Å²) in [5, 5.41) is 8.55. The third-order valence-corrected chi connectivity index (χ3v) is 7.95. The third-order valence-electron chi connectivity index (χ3n) is 7.95. The molecule has 1 aromatic heterocycles. The second-order valence-electron chi connectivity index (χ2n) is 10.1. The highest BCUT2D eigenvalue weighted by molar-refractivity contribution is 6.25. The van der Waals surface area contributed by atoms with Crippen LogP contribution in [0.15, 0.2) is 150 Å². The van der Waals surface area contributed by atoms with Gasteiger partial charge in [-0.25, -0.2) is 0 Å². The smallest absolute Gasteiger partial charge is 0.135 e. The molecule has 182 valence electrons. The zero-order valence-corrected chi connectivity index (χ0v) is 21.3. The number of hydrogen-bond donors (Lipinski definition) is 0. The third kappa shape index (κ3) is 3.41. The fraction of sp³-hybridized carbons (Fsp3) is 0. The van der Waals surface area contributed by atoms with E-state index in [-0.39, 0.29) is 0 Å². The maximum absolute atomic E-state index is 6.18. The van der Waals surface area contributed by atoms with E-state index in [1.54, 1.807) is 0 Å². The summed E-state index contributed by atoms with van der Waals surface area (Å²) < 4.78 is 6.18. The minimum Gasteiger partial charge on any atom is -0.464 e. The molecule has 39 heavy (non-hydrogen) atoms. The molecule has 0 unspecified atom stereocenters. The van der Waals surface area contributed by atoms with Crippen LogP contribution in [0.1, 0.15) is 0 Å². The van der Waals surface area contributed by atoms with Gasteiger partial charge in [-0.1, -0.05) is 133 Å². The van der Waals surface area contributed by atoms with E-state index in [1.807, 2.05) is 6.26 Å². The Hall–Kier alpha value is -5.14. The first-order chi connectivity index (χ1) is 19.4. The van der Waals surface area contributed by atoms with Crippen molar-refractivity contribution < 1.29 is 4.42 Å². The lowest BCUT2D eigenvalue weighted by atomic mass is 9.85. The van der Waals surface area contributed by atoms with Crippen LogP contribution >= 0.6 is 0 Å². The van der Waals surface area contributed by atoms with Crippen LogP contribution in [0.3, 0.4) is 0 Å². The van der Waals surface area contributed by atoms with Gasteiger partial charge in [-0.3, -0.25) is 0 Å². The van der Waals surface area contributed by atoms with Gasteiger partial charge < -0.3 is 4.42 Å². The van der Waals surface area contributed by atoms with E-state index in [0.717, 1.165) is 11.1 Å². The molecule has 0 saturated heterocycles. The van der Waals surface area contributed by atoms with Gasteiger partial charge in [-0.15, -0.1) is 0 Å². The van der Waals surface area contributed by atoms with Crippen LogP contribution in [0, 0.1) is 0 Å². The number of benzene rings is 7. The van der Waals surface area contributed by atoms with Crippen molar-refractivity contribution in [3.63, 3.8) is 0 Å². The quantitative estimate of drug-likeness (QED) is 0.222. The molecule has 0 aliphatic carbocycles. The normalized spacial score (nSPS) is 11.6. The van der Waals surface area contributed by atoms with Gasteiger partial charge in [0, 0.05) is 16.5 Å². The van der Waals surface area contributed by atoms with Crippen molar-refractivity contribution in [3.05, 3.63) is 146 Å². The molecule has 0 amide bonds. The van der Waals surface area contributed by atoms with Crippen LogP contribution < -0.4 is 0 Å². The van der Waals surface area contributed by atoms with E-state index in [1.165, 1.54) is 65.5 Å². The van der Waals surface area contributed by atoms with E-state index < -0.39 is 0 Å². The molecular weight excluding hydrogens is 472 g/mol. The molecule has 0 bridgehead atoms. The van der Waals surface area contributed by atoms with E-state index >= 15 is 0 Å². The van der Waals surface area contributed by atoms with Gasteiger partial charge in [-0.2, -0.15) is 0 Å². The summed E-state index contributed by atoms with van der Waals surface area (Å²) in [6.45, 7) is 0. The lowest BCUT2D eigenvalue weighted by molar-refractivity contribution is 0.617. The molecule has 7 aromatic carbocycles. The first-order valence-electron chi connectivity index (χ1n) is 13.4. The van der Waals surface area contributed by atoms with Crippen molar-refractivity contribution in [2.75, 3.05) is 0 Å². The number of hydrogen-bond acceptors (Lipinski definition) is 1. The van der Waals surface area contributed by atoms with Crippen LogP contribution in [0.5, 0.6) is 0 Å². The zero-order valence-electron chi connectivity index (χ0n) is 21.3. The molecular formula is C38H24O. The Balaban J connectivity index is 1.44. The molecule has 0 spiro atoms. The molecule has 0 fully saturated rings. The average molecular weight is 497 g/mol. The highest BCUT2D eigenvalue weighted by Gasteiger charge is 2.20. The molecule has 8 aromatic rings. The Morgan fingerprint density at radius 3 is 1.54 bits per heavy atom. The highest BCUT2D eigenvalue weighted by atomic mass is 16.3. The average Bonchev–Trinajstić information content (AvgIpc) is 3.45. The summed E-state index contributed by atoms with van der Waals surface area (Å²) >= 11 is 0. The first-order valence-corrected chi connectivity index (χ1v) is 13.4. The lowest BCUT2D eigenvalue weighted by Crippen LogP contribution is -1.90. The van der Waals surface area contributed by atoms with Crippen molar-refractivity contribution in [2.24, 2.45) is 0 Å². The summed E-state index contributed by atoms with van der Waals surface area (Å²) in [6, 6.07) is 49.9. The molecule has 8 rings (SSSR count). The summed E-state index contributed by atoms with van der Waals surface area (Å²) in [6.07, 6.45) is 1.94. The van der Waals surface area contributed by atoms with Crippen molar-refractivity contribution in [3.8, 4) is 33.4 Å². The van der Waals surface area contributed by atoms with Gasteiger partial charge in [0.25, 0.3) is 0 Å². The van der Waals surface area contributed by atoms with Crippen molar-refractivity contribution in [1.29, 1.82) is 0 Å². The Labute approximate surface area is 226 Å². The SMILES string of the molecule is c1ccc(-c2ccc(-c3c4ccccc4c(-c4coc5ccc6ccccc6c45)c4ccccc34)cc2)cc1. The predicted octanol–water partition coefficient (Wildman–Crippen LogP) is 10.9. The van der Waals surface area contributed by atoms with Crippen LogP contribution in [0.4, 0.5) is 0 Å². The summed E-state index contributed by atoms with van der Waals surface area (Å²) in [7, 11) is 0. The number of fused-ring (bicyclic) bond motifs is 5. The fourth-order valence-corrected chi connectivity index (χ4v) is 6.18. The van der Waals surface area contributed by atoms with E-state index in [0.29, 0.717) is 0 Å². The number of furan rings is 1. The Kier molecular flexibility index (Phi) is 4.89. The van der Waals surface area contributed by atoms with Gasteiger partial charge in [0.2, 0.25) is 0 Å². The zero-order chi connectivity index (χ0) is 25.8. The minimum atomic E-state index is 0.914. The van der Waals surface area contributed by atoms with Crippen LogP contribution in [0.2, 0.25) is 0 Å². The molecule has 1 nitrogen and oxygen atoms in total. The maximum Gasteiger partial charge on any atom is 0.135 e. The second-order valence-corrected chi connectivity index (χ2v) is 10.1. The first kappa shape index (κ1) is 21.9. The van der Waals surface area contributed by atoms with Gasteiger partial charge in [0.1, 0.15) is 5.58 Å². The monoisotopic (exact) mass is 496 g/mol. The molecule has 1 heteroatoms. The van der Waals surface area contributed by atoms with Gasteiger partial charge >= 0.3 is 0 Å². The lowest BCUT2D eigenvalue weighted by Gasteiger charge is -2.17. The molecule has 0 radical (unpaired) electrons.